The fourth-order valence-corrected chi connectivity index (χ4v) is 2.04. The SMILES string of the molecule is Clc1cc(NCCC2=CCNCC2)c(Cl)nn1. The quantitative estimate of drug-likeness (QED) is 0.827. The highest BCUT2D eigenvalue weighted by molar-refractivity contribution is 6.33. The van der Waals surface area contributed by atoms with Crippen LogP contribution in [0, 0.1) is 0 Å². The summed E-state index contributed by atoms with van der Waals surface area (Å²) in [7, 11) is 0. The van der Waals surface area contributed by atoms with E-state index in [1.165, 1.54) is 5.57 Å². The molecule has 6 heteroatoms. The Morgan fingerprint density at radius 2 is 2.24 bits per heavy atom. The Hall–Kier alpha value is -0.840. The smallest absolute Gasteiger partial charge is 0.174 e. The number of hydrogen-bond donors (Lipinski definition) is 2. The number of nitrogens with zero attached hydrogens (tertiary/aromatic N) is 2. The van der Waals surface area contributed by atoms with Crippen molar-refractivity contribution in [1.29, 1.82) is 0 Å². The van der Waals surface area contributed by atoms with Crippen LogP contribution in [0.5, 0.6) is 0 Å². The van der Waals surface area contributed by atoms with Gasteiger partial charge in [0.05, 0.1) is 5.69 Å². The van der Waals surface area contributed by atoms with Crippen LogP contribution in [0.3, 0.4) is 0 Å². The Morgan fingerprint density at radius 1 is 1.35 bits per heavy atom. The molecule has 17 heavy (non-hydrogen) atoms. The molecule has 0 aliphatic carbocycles. The zero-order valence-electron chi connectivity index (χ0n) is 9.34. The van der Waals surface area contributed by atoms with Crippen molar-refractivity contribution in [2.45, 2.75) is 12.8 Å². The van der Waals surface area contributed by atoms with Crippen LogP contribution in [0.4, 0.5) is 5.69 Å². The van der Waals surface area contributed by atoms with Crippen LogP contribution in [0.15, 0.2) is 17.7 Å². The van der Waals surface area contributed by atoms with Gasteiger partial charge in [0, 0.05) is 19.2 Å². The predicted molar refractivity (Wildman–Crippen MR) is 70.7 cm³/mol. The summed E-state index contributed by atoms with van der Waals surface area (Å²) in [6.45, 7) is 2.86. The Labute approximate surface area is 110 Å². The second-order valence-corrected chi connectivity index (χ2v) is 4.61. The van der Waals surface area contributed by atoms with Gasteiger partial charge < -0.3 is 10.6 Å². The van der Waals surface area contributed by atoms with Crippen molar-refractivity contribution in [2.24, 2.45) is 0 Å². The summed E-state index contributed by atoms with van der Waals surface area (Å²) in [4.78, 5) is 0. The molecule has 0 radical (unpaired) electrons. The Balaban J connectivity index is 1.85. The molecule has 1 aliphatic rings. The van der Waals surface area contributed by atoms with E-state index in [2.05, 4.69) is 26.9 Å². The van der Waals surface area contributed by atoms with Crippen LogP contribution >= 0.6 is 23.2 Å². The van der Waals surface area contributed by atoms with Gasteiger partial charge in [-0.25, -0.2) is 0 Å². The minimum absolute atomic E-state index is 0.345. The Kier molecular flexibility index (Phi) is 4.59. The molecular weight excluding hydrogens is 259 g/mol. The van der Waals surface area contributed by atoms with Gasteiger partial charge in [0.15, 0.2) is 10.3 Å². The molecule has 0 saturated carbocycles. The van der Waals surface area contributed by atoms with Gasteiger partial charge in [-0.3, -0.25) is 0 Å². The minimum Gasteiger partial charge on any atom is -0.382 e. The Morgan fingerprint density at radius 3 is 3.00 bits per heavy atom. The number of nitrogens with one attached hydrogen (secondary N) is 2. The van der Waals surface area contributed by atoms with Crippen LogP contribution in [0.25, 0.3) is 0 Å². The lowest BCUT2D eigenvalue weighted by Crippen LogP contribution is -2.21. The molecule has 0 saturated heterocycles. The normalized spacial score (nSPS) is 15.5. The second kappa shape index (κ2) is 6.19. The number of anilines is 1. The number of rotatable bonds is 4. The first kappa shape index (κ1) is 12.6. The molecule has 2 N–H and O–H groups in total. The monoisotopic (exact) mass is 272 g/mol. The molecule has 0 spiro atoms. The van der Waals surface area contributed by atoms with Gasteiger partial charge in [0.2, 0.25) is 0 Å². The van der Waals surface area contributed by atoms with E-state index in [4.69, 9.17) is 23.2 Å². The minimum atomic E-state index is 0.345. The standard InChI is InChI=1S/C11H14Cl2N4/c12-10-7-9(11(13)17-16-10)15-6-3-8-1-4-14-5-2-8/h1,7,14H,2-6H2,(H,15,16). The lowest BCUT2D eigenvalue weighted by molar-refractivity contribution is 0.683. The predicted octanol–water partition coefficient (Wildman–Crippen LogP) is 2.51. The molecule has 1 aromatic rings. The number of halogens is 2. The van der Waals surface area contributed by atoms with E-state index < -0.39 is 0 Å². The topological polar surface area (TPSA) is 49.8 Å². The van der Waals surface area contributed by atoms with E-state index in [0.717, 1.165) is 38.2 Å². The molecule has 92 valence electrons. The molecule has 0 fully saturated rings. The van der Waals surface area contributed by atoms with Crippen LogP contribution in [-0.2, 0) is 0 Å². The molecule has 0 bridgehead atoms. The maximum absolute atomic E-state index is 5.90. The maximum atomic E-state index is 5.90. The molecule has 1 aromatic heterocycles. The first-order chi connectivity index (χ1) is 8.25. The van der Waals surface area contributed by atoms with Gasteiger partial charge in [0.25, 0.3) is 0 Å². The van der Waals surface area contributed by atoms with Crippen LogP contribution in [0.2, 0.25) is 10.3 Å². The van der Waals surface area contributed by atoms with Crippen molar-refractivity contribution in [3.8, 4) is 0 Å². The third-order valence-electron chi connectivity index (χ3n) is 2.64. The third kappa shape index (κ3) is 3.84. The first-order valence-electron chi connectivity index (χ1n) is 5.57. The third-order valence-corrected chi connectivity index (χ3v) is 3.10. The molecule has 2 rings (SSSR count). The summed E-state index contributed by atoms with van der Waals surface area (Å²) >= 11 is 11.7. The van der Waals surface area contributed by atoms with Crippen molar-refractivity contribution < 1.29 is 0 Å². The van der Waals surface area contributed by atoms with E-state index in [9.17, 15) is 0 Å². The van der Waals surface area contributed by atoms with Crippen LogP contribution in [0.1, 0.15) is 12.8 Å². The lowest BCUT2D eigenvalue weighted by atomic mass is 10.1. The van der Waals surface area contributed by atoms with Crippen molar-refractivity contribution in [2.75, 3.05) is 25.0 Å². The van der Waals surface area contributed by atoms with Gasteiger partial charge in [-0.2, -0.15) is 0 Å². The van der Waals surface area contributed by atoms with E-state index in [1.807, 2.05) is 0 Å². The molecule has 0 atom stereocenters. The zero-order valence-corrected chi connectivity index (χ0v) is 10.9. The summed E-state index contributed by atoms with van der Waals surface area (Å²) in [5.41, 5.74) is 2.21. The van der Waals surface area contributed by atoms with Crippen LogP contribution in [-0.4, -0.2) is 29.8 Å². The molecule has 0 unspecified atom stereocenters. The molecule has 0 aromatic carbocycles. The Bertz CT molecular complexity index is 420. The van der Waals surface area contributed by atoms with Gasteiger partial charge in [0.1, 0.15) is 0 Å². The largest absolute Gasteiger partial charge is 0.382 e. The highest BCUT2D eigenvalue weighted by atomic mass is 35.5. The van der Waals surface area contributed by atoms with E-state index >= 15 is 0 Å². The summed E-state index contributed by atoms with van der Waals surface area (Å²) in [5.74, 6) is 0. The number of aromatic nitrogens is 2. The van der Waals surface area contributed by atoms with Gasteiger partial charge in [-0.15, -0.1) is 10.2 Å². The van der Waals surface area contributed by atoms with E-state index in [-0.39, 0.29) is 0 Å². The summed E-state index contributed by atoms with van der Waals surface area (Å²) in [6, 6.07) is 1.69. The van der Waals surface area contributed by atoms with E-state index in [0.29, 0.717) is 10.3 Å². The molecule has 0 amide bonds. The average Bonchev–Trinajstić information content (AvgIpc) is 2.35. The fourth-order valence-electron chi connectivity index (χ4n) is 1.73. The van der Waals surface area contributed by atoms with E-state index in [1.54, 1.807) is 6.07 Å². The highest BCUT2D eigenvalue weighted by Crippen LogP contribution is 2.21. The summed E-state index contributed by atoms with van der Waals surface area (Å²) in [6.07, 6.45) is 4.37. The number of hydrogen-bond acceptors (Lipinski definition) is 4. The highest BCUT2D eigenvalue weighted by Gasteiger charge is 2.05. The van der Waals surface area contributed by atoms with Crippen molar-refractivity contribution >= 4 is 28.9 Å². The molecule has 4 nitrogen and oxygen atoms in total. The fraction of sp³-hybridized carbons (Fsp3) is 0.455. The molecular formula is C11H14Cl2N4. The zero-order chi connectivity index (χ0) is 12.1. The maximum Gasteiger partial charge on any atom is 0.174 e. The first-order valence-corrected chi connectivity index (χ1v) is 6.32. The van der Waals surface area contributed by atoms with Gasteiger partial charge in [-0.1, -0.05) is 34.9 Å². The summed E-state index contributed by atoms with van der Waals surface area (Å²) in [5, 5.41) is 14.6. The van der Waals surface area contributed by atoms with Crippen molar-refractivity contribution in [1.82, 2.24) is 15.5 Å². The average molecular weight is 273 g/mol. The molecule has 1 aliphatic heterocycles. The molecule has 2 heterocycles. The van der Waals surface area contributed by atoms with Gasteiger partial charge in [-0.05, 0) is 19.4 Å². The van der Waals surface area contributed by atoms with Crippen LogP contribution < -0.4 is 10.6 Å². The second-order valence-electron chi connectivity index (χ2n) is 3.86. The van der Waals surface area contributed by atoms with Crippen molar-refractivity contribution in [3.63, 3.8) is 0 Å². The summed E-state index contributed by atoms with van der Waals surface area (Å²) < 4.78 is 0. The van der Waals surface area contributed by atoms with Crippen molar-refractivity contribution in [3.05, 3.63) is 28.0 Å². The van der Waals surface area contributed by atoms with Gasteiger partial charge >= 0.3 is 0 Å². The lowest BCUT2D eigenvalue weighted by Gasteiger charge is -2.14.